The number of nitrogens with zero attached hydrogens (tertiary/aromatic N) is 4. The fourth-order valence-electron chi connectivity index (χ4n) is 4.64. The molecule has 2 bridgehead atoms. The van der Waals surface area contributed by atoms with Gasteiger partial charge in [-0.25, -0.2) is 0 Å². The number of hydrogen-bond acceptors (Lipinski definition) is 6. The molecule has 0 spiro atoms. The van der Waals surface area contributed by atoms with Gasteiger partial charge in [-0.3, -0.25) is 4.79 Å². The van der Waals surface area contributed by atoms with Crippen LogP contribution in [0.25, 0.3) is 5.69 Å². The van der Waals surface area contributed by atoms with Gasteiger partial charge in [0.2, 0.25) is 5.91 Å². The Morgan fingerprint density at radius 1 is 1.30 bits per heavy atom. The van der Waals surface area contributed by atoms with E-state index in [1.54, 1.807) is 11.8 Å². The largest absolute Gasteiger partial charge is 0.494 e. The van der Waals surface area contributed by atoms with Gasteiger partial charge in [-0.15, -0.1) is 5.10 Å². The van der Waals surface area contributed by atoms with Gasteiger partial charge in [0.1, 0.15) is 11.4 Å². The van der Waals surface area contributed by atoms with Crippen molar-refractivity contribution >= 4 is 11.6 Å². The average molecular weight is 370 g/mol. The summed E-state index contributed by atoms with van der Waals surface area (Å²) < 4.78 is 7.02. The van der Waals surface area contributed by atoms with Crippen LogP contribution in [-0.2, 0) is 4.79 Å². The molecule has 8 nitrogen and oxygen atoms in total. The molecule has 27 heavy (non-hydrogen) atoms. The maximum absolute atomic E-state index is 12.9. The number of methoxy groups -OCH3 is 1. The molecule has 2 aromatic rings. The molecule has 1 aromatic heterocycles. The minimum absolute atomic E-state index is 0.0282. The molecule has 3 N–H and O–H groups in total. The summed E-state index contributed by atoms with van der Waals surface area (Å²) in [5, 5.41) is 14.7. The number of amides is 1. The molecule has 0 saturated heterocycles. The second-order valence-electron chi connectivity index (χ2n) is 7.71. The van der Waals surface area contributed by atoms with Crippen LogP contribution in [0.2, 0.25) is 0 Å². The highest BCUT2D eigenvalue weighted by Gasteiger charge is 2.40. The molecule has 4 rings (SSSR count). The molecule has 1 aromatic carbocycles. The zero-order valence-electron chi connectivity index (χ0n) is 15.8. The molecule has 2 aliphatic rings. The van der Waals surface area contributed by atoms with Crippen LogP contribution in [0, 0.1) is 24.7 Å². The van der Waals surface area contributed by atoms with Crippen LogP contribution in [0.1, 0.15) is 37.9 Å². The molecule has 8 heteroatoms. The molecule has 0 aliphatic heterocycles. The van der Waals surface area contributed by atoms with Crippen LogP contribution in [0.5, 0.6) is 5.75 Å². The van der Waals surface area contributed by atoms with Crippen molar-refractivity contribution in [1.29, 1.82) is 0 Å². The first-order valence-electron chi connectivity index (χ1n) is 9.56. The van der Waals surface area contributed by atoms with E-state index in [0.29, 0.717) is 34.8 Å². The number of nitrogens with two attached hydrogens (primary N) is 1. The number of aryl methyl sites for hydroxylation is 1. The Bertz CT molecular complexity index is 821. The smallest absolute Gasteiger partial charge is 0.227 e. The van der Waals surface area contributed by atoms with Gasteiger partial charge in [0.05, 0.1) is 7.11 Å². The van der Waals surface area contributed by atoms with E-state index >= 15 is 0 Å². The summed E-state index contributed by atoms with van der Waals surface area (Å²) in [7, 11) is 1.60. The first kappa shape index (κ1) is 17.9. The molecule has 2 atom stereocenters. The first-order chi connectivity index (χ1) is 13.1. The van der Waals surface area contributed by atoms with Crippen LogP contribution in [0.15, 0.2) is 18.2 Å². The Labute approximate surface area is 158 Å². The van der Waals surface area contributed by atoms with E-state index in [2.05, 4.69) is 20.8 Å². The summed E-state index contributed by atoms with van der Waals surface area (Å²) in [4.78, 5) is 12.9. The molecule has 1 heterocycles. The van der Waals surface area contributed by atoms with E-state index in [1.165, 1.54) is 6.42 Å². The molecular weight excluding hydrogens is 344 g/mol. The SMILES string of the molecule is COc1ccc(NC(=O)C2CC3CCCC(C2)C3N)cc1-n1nnnc1C. The van der Waals surface area contributed by atoms with E-state index in [1.807, 2.05) is 25.1 Å². The molecule has 2 fully saturated rings. The minimum Gasteiger partial charge on any atom is -0.494 e. The molecule has 2 saturated carbocycles. The van der Waals surface area contributed by atoms with Crippen molar-refractivity contribution in [3.05, 3.63) is 24.0 Å². The van der Waals surface area contributed by atoms with E-state index in [4.69, 9.17) is 10.5 Å². The van der Waals surface area contributed by atoms with Crippen LogP contribution < -0.4 is 15.8 Å². The Balaban J connectivity index is 1.53. The number of carbonyl (C=O) groups is 1. The van der Waals surface area contributed by atoms with Gasteiger partial charge in [0, 0.05) is 17.6 Å². The highest BCUT2D eigenvalue weighted by Crippen LogP contribution is 2.42. The number of rotatable bonds is 4. The zero-order chi connectivity index (χ0) is 19.0. The summed E-state index contributed by atoms with van der Waals surface area (Å²) in [6, 6.07) is 5.76. The van der Waals surface area contributed by atoms with Crippen molar-refractivity contribution in [1.82, 2.24) is 20.2 Å². The van der Waals surface area contributed by atoms with Crippen LogP contribution >= 0.6 is 0 Å². The number of tetrazole rings is 1. The second-order valence-corrected chi connectivity index (χ2v) is 7.71. The Hall–Kier alpha value is -2.48. The van der Waals surface area contributed by atoms with E-state index < -0.39 is 0 Å². The van der Waals surface area contributed by atoms with Crippen molar-refractivity contribution < 1.29 is 9.53 Å². The quantitative estimate of drug-likeness (QED) is 0.853. The first-order valence-corrected chi connectivity index (χ1v) is 9.56. The third-order valence-electron chi connectivity index (χ3n) is 6.08. The van der Waals surface area contributed by atoms with Gasteiger partial charge in [-0.05, 0) is 73.1 Å². The van der Waals surface area contributed by atoms with Gasteiger partial charge < -0.3 is 15.8 Å². The highest BCUT2D eigenvalue weighted by atomic mass is 16.5. The monoisotopic (exact) mass is 370 g/mol. The Morgan fingerprint density at radius 3 is 2.67 bits per heavy atom. The summed E-state index contributed by atoms with van der Waals surface area (Å²) in [6.07, 6.45) is 5.31. The lowest BCUT2D eigenvalue weighted by atomic mass is 9.65. The highest BCUT2D eigenvalue weighted by molar-refractivity contribution is 5.93. The number of hydrogen-bond donors (Lipinski definition) is 2. The fourth-order valence-corrected chi connectivity index (χ4v) is 4.64. The summed E-state index contributed by atoms with van der Waals surface area (Å²) in [5.74, 6) is 2.34. The van der Waals surface area contributed by atoms with Crippen molar-refractivity contribution in [2.24, 2.45) is 23.5 Å². The number of benzene rings is 1. The maximum Gasteiger partial charge on any atom is 0.227 e. The number of anilines is 1. The van der Waals surface area contributed by atoms with Gasteiger partial charge in [0.25, 0.3) is 0 Å². The van der Waals surface area contributed by atoms with Gasteiger partial charge >= 0.3 is 0 Å². The van der Waals surface area contributed by atoms with Crippen LogP contribution in [0.4, 0.5) is 5.69 Å². The van der Waals surface area contributed by atoms with Crippen molar-refractivity contribution in [2.45, 2.75) is 45.1 Å². The van der Waals surface area contributed by atoms with E-state index in [9.17, 15) is 4.79 Å². The third kappa shape index (κ3) is 3.41. The molecular formula is C19H26N6O2. The molecule has 144 valence electrons. The number of fused-ring (bicyclic) bond motifs is 2. The molecule has 0 radical (unpaired) electrons. The zero-order valence-corrected chi connectivity index (χ0v) is 15.8. The predicted molar refractivity (Wildman–Crippen MR) is 101 cm³/mol. The van der Waals surface area contributed by atoms with Gasteiger partial charge in [0.15, 0.2) is 5.82 Å². The van der Waals surface area contributed by atoms with E-state index in [0.717, 1.165) is 25.7 Å². The fraction of sp³-hybridized carbons (Fsp3) is 0.579. The molecule has 2 aliphatic carbocycles. The second kappa shape index (κ2) is 7.26. The number of nitrogens with one attached hydrogen (secondary N) is 1. The van der Waals surface area contributed by atoms with Crippen molar-refractivity contribution in [3.63, 3.8) is 0 Å². The van der Waals surface area contributed by atoms with Crippen molar-refractivity contribution in [3.8, 4) is 11.4 Å². The number of ether oxygens (including phenoxy) is 1. The lowest BCUT2D eigenvalue weighted by Crippen LogP contribution is -2.48. The predicted octanol–water partition coefficient (Wildman–Crippen LogP) is 2.07. The topological polar surface area (TPSA) is 108 Å². The summed E-state index contributed by atoms with van der Waals surface area (Å²) in [6.45, 7) is 1.81. The van der Waals surface area contributed by atoms with Crippen molar-refractivity contribution in [2.75, 3.05) is 12.4 Å². The standard InChI is InChI=1S/C19H26N6O2/c1-11-22-23-24-25(11)16-10-15(6-7-17(16)27-2)21-19(26)14-8-12-4-3-5-13(9-14)18(12)20/h6-7,10,12-14,18H,3-5,8-9,20H2,1-2H3,(H,21,26). The number of carbonyl (C=O) groups excluding carboxylic acids is 1. The summed E-state index contributed by atoms with van der Waals surface area (Å²) in [5.41, 5.74) is 7.76. The van der Waals surface area contributed by atoms with Crippen LogP contribution in [0.3, 0.4) is 0 Å². The van der Waals surface area contributed by atoms with Crippen LogP contribution in [-0.4, -0.2) is 39.3 Å². The molecule has 1 amide bonds. The Kier molecular flexibility index (Phi) is 4.82. The lowest BCUT2D eigenvalue weighted by Gasteiger charge is -2.43. The van der Waals surface area contributed by atoms with Gasteiger partial charge in [-0.1, -0.05) is 6.42 Å². The molecule has 2 unspecified atom stereocenters. The normalized spacial score (nSPS) is 27.2. The summed E-state index contributed by atoms with van der Waals surface area (Å²) >= 11 is 0. The third-order valence-corrected chi connectivity index (χ3v) is 6.08. The maximum atomic E-state index is 12.9. The number of aromatic nitrogens is 4. The van der Waals surface area contributed by atoms with E-state index in [-0.39, 0.29) is 17.9 Å². The van der Waals surface area contributed by atoms with Gasteiger partial charge in [-0.2, -0.15) is 4.68 Å². The lowest BCUT2D eigenvalue weighted by molar-refractivity contribution is -0.122. The Morgan fingerprint density at radius 2 is 2.04 bits per heavy atom. The average Bonchev–Trinajstić information content (AvgIpc) is 3.07. The minimum atomic E-state index is 0.0282.